The molecule has 0 radical (unpaired) electrons. The van der Waals surface area contributed by atoms with Crippen molar-refractivity contribution in [2.75, 3.05) is 5.32 Å². The Labute approximate surface area is 118 Å². The van der Waals surface area contributed by atoms with E-state index in [1.165, 1.54) is 6.33 Å². The molecule has 1 N–H and O–H groups in total. The van der Waals surface area contributed by atoms with Crippen LogP contribution < -0.4 is 5.32 Å². The standard InChI is InChI=1S/C12H10ClN5S/c13-9-2-1-3-10(12(9)18-8-14-7-17-18)16-6-11-15-4-5-19-11/h1-5,7-8,16H,6H2. The highest BCUT2D eigenvalue weighted by Crippen LogP contribution is 2.28. The lowest BCUT2D eigenvalue weighted by molar-refractivity contribution is 0.877. The van der Waals surface area contributed by atoms with Crippen LogP contribution in [0.1, 0.15) is 5.01 Å². The van der Waals surface area contributed by atoms with E-state index in [2.05, 4.69) is 20.4 Å². The number of hydrogen-bond acceptors (Lipinski definition) is 5. The average molecular weight is 292 g/mol. The van der Waals surface area contributed by atoms with E-state index in [1.54, 1.807) is 28.5 Å². The van der Waals surface area contributed by atoms with E-state index in [-0.39, 0.29) is 0 Å². The van der Waals surface area contributed by atoms with Gasteiger partial charge in [-0.3, -0.25) is 0 Å². The quantitative estimate of drug-likeness (QED) is 0.803. The van der Waals surface area contributed by atoms with Crippen LogP contribution in [0, 0.1) is 0 Å². The predicted molar refractivity (Wildman–Crippen MR) is 75.8 cm³/mol. The van der Waals surface area contributed by atoms with E-state index in [9.17, 15) is 0 Å². The fourth-order valence-electron chi connectivity index (χ4n) is 1.73. The van der Waals surface area contributed by atoms with E-state index in [0.717, 1.165) is 16.4 Å². The first kappa shape index (κ1) is 12.1. The van der Waals surface area contributed by atoms with E-state index in [0.29, 0.717) is 11.6 Å². The second kappa shape index (κ2) is 5.38. The third-order valence-electron chi connectivity index (χ3n) is 2.55. The molecule has 2 aromatic heterocycles. The fourth-order valence-corrected chi connectivity index (χ4v) is 2.54. The highest BCUT2D eigenvalue weighted by atomic mass is 35.5. The van der Waals surface area contributed by atoms with Gasteiger partial charge in [0.1, 0.15) is 23.3 Å². The summed E-state index contributed by atoms with van der Waals surface area (Å²) >= 11 is 7.85. The molecular formula is C12H10ClN5S. The minimum Gasteiger partial charge on any atom is -0.377 e. The summed E-state index contributed by atoms with van der Waals surface area (Å²) in [6.07, 6.45) is 4.89. The number of aromatic nitrogens is 4. The molecule has 5 nitrogen and oxygen atoms in total. The lowest BCUT2D eigenvalue weighted by Gasteiger charge is -2.12. The maximum Gasteiger partial charge on any atom is 0.138 e. The zero-order valence-electron chi connectivity index (χ0n) is 9.82. The van der Waals surface area contributed by atoms with Crippen molar-refractivity contribution in [2.45, 2.75) is 6.54 Å². The van der Waals surface area contributed by atoms with Crippen molar-refractivity contribution >= 4 is 28.6 Å². The van der Waals surface area contributed by atoms with Gasteiger partial charge in [0.15, 0.2) is 0 Å². The highest BCUT2D eigenvalue weighted by Gasteiger charge is 2.10. The van der Waals surface area contributed by atoms with Gasteiger partial charge in [0.25, 0.3) is 0 Å². The highest BCUT2D eigenvalue weighted by molar-refractivity contribution is 7.09. The molecule has 0 spiro atoms. The van der Waals surface area contributed by atoms with Crippen molar-refractivity contribution in [3.63, 3.8) is 0 Å². The molecule has 0 aliphatic rings. The van der Waals surface area contributed by atoms with Gasteiger partial charge in [-0.25, -0.2) is 14.6 Å². The molecule has 0 aliphatic heterocycles. The Balaban J connectivity index is 1.91. The Morgan fingerprint density at radius 3 is 3.05 bits per heavy atom. The molecule has 0 amide bonds. The molecule has 2 heterocycles. The van der Waals surface area contributed by atoms with Crippen LogP contribution in [-0.4, -0.2) is 19.7 Å². The number of nitrogens with one attached hydrogen (secondary N) is 1. The number of benzene rings is 1. The van der Waals surface area contributed by atoms with Crippen LogP contribution in [0.5, 0.6) is 0 Å². The predicted octanol–water partition coefficient (Wildman–Crippen LogP) is 2.99. The summed E-state index contributed by atoms with van der Waals surface area (Å²) in [5.74, 6) is 0. The SMILES string of the molecule is Clc1cccc(NCc2nccs2)c1-n1cncn1. The molecule has 0 bridgehead atoms. The summed E-state index contributed by atoms with van der Waals surface area (Å²) in [5.41, 5.74) is 1.69. The van der Waals surface area contributed by atoms with Gasteiger partial charge in [0, 0.05) is 11.6 Å². The van der Waals surface area contributed by atoms with E-state index >= 15 is 0 Å². The molecule has 0 saturated heterocycles. The molecule has 3 aromatic rings. The molecule has 0 atom stereocenters. The lowest BCUT2D eigenvalue weighted by atomic mass is 10.2. The van der Waals surface area contributed by atoms with Crippen molar-refractivity contribution in [3.05, 3.63) is 52.5 Å². The molecule has 3 rings (SSSR count). The van der Waals surface area contributed by atoms with Gasteiger partial charge in [-0.15, -0.1) is 11.3 Å². The first-order valence-corrected chi connectivity index (χ1v) is 6.86. The Hall–Kier alpha value is -1.92. The van der Waals surface area contributed by atoms with E-state index < -0.39 is 0 Å². The number of nitrogens with zero attached hydrogens (tertiary/aromatic N) is 4. The Bertz CT molecular complexity index is 651. The van der Waals surface area contributed by atoms with Crippen LogP contribution in [0.2, 0.25) is 5.02 Å². The van der Waals surface area contributed by atoms with Crippen molar-refractivity contribution in [2.24, 2.45) is 0 Å². The van der Waals surface area contributed by atoms with Gasteiger partial charge >= 0.3 is 0 Å². The minimum absolute atomic E-state index is 0.620. The monoisotopic (exact) mass is 291 g/mol. The first-order chi connectivity index (χ1) is 9.34. The molecule has 0 unspecified atom stereocenters. The third-order valence-corrected chi connectivity index (χ3v) is 3.63. The number of halogens is 1. The number of rotatable bonds is 4. The fraction of sp³-hybridized carbons (Fsp3) is 0.0833. The molecule has 19 heavy (non-hydrogen) atoms. The van der Waals surface area contributed by atoms with Crippen LogP contribution in [0.4, 0.5) is 5.69 Å². The largest absolute Gasteiger partial charge is 0.377 e. The molecule has 7 heteroatoms. The number of anilines is 1. The van der Waals surface area contributed by atoms with E-state index in [1.807, 2.05) is 23.6 Å². The average Bonchev–Trinajstić information content (AvgIpc) is 3.09. The van der Waals surface area contributed by atoms with Gasteiger partial charge in [-0.05, 0) is 12.1 Å². The van der Waals surface area contributed by atoms with Crippen LogP contribution >= 0.6 is 22.9 Å². The Morgan fingerprint density at radius 1 is 1.37 bits per heavy atom. The maximum atomic E-state index is 6.24. The smallest absolute Gasteiger partial charge is 0.138 e. The van der Waals surface area contributed by atoms with Crippen molar-refractivity contribution in [3.8, 4) is 5.69 Å². The summed E-state index contributed by atoms with van der Waals surface area (Å²) in [7, 11) is 0. The normalized spacial score (nSPS) is 10.6. The van der Waals surface area contributed by atoms with Crippen LogP contribution in [0.15, 0.2) is 42.4 Å². The molecule has 0 fully saturated rings. The molecule has 96 valence electrons. The topological polar surface area (TPSA) is 55.6 Å². The number of para-hydroxylation sites is 1. The second-order valence-electron chi connectivity index (χ2n) is 3.76. The van der Waals surface area contributed by atoms with Gasteiger partial charge in [0.2, 0.25) is 0 Å². The van der Waals surface area contributed by atoms with Crippen LogP contribution in [0.3, 0.4) is 0 Å². The summed E-state index contributed by atoms with van der Waals surface area (Å²) in [6, 6.07) is 5.68. The Morgan fingerprint density at radius 2 is 2.32 bits per heavy atom. The molecule has 0 aliphatic carbocycles. The summed E-state index contributed by atoms with van der Waals surface area (Å²) < 4.78 is 1.65. The van der Waals surface area contributed by atoms with Crippen LogP contribution in [-0.2, 0) is 6.54 Å². The Kier molecular flexibility index (Phi) is 3.43. The van der Waals surface area contributed by atoms with Crippen molar-refractivity contribution in [1.82, 2.24) is 19.7 Å². The van der Waals surface area contributed by atoms with Crippen LogP contribution in [0.25, 0.3) is 5.69 Å². The minimum atomic E-state index is 0.620. The molecular weight excluding hydrogens is 282 g/mol. The zero-order chi connectivity index (χ0) is 13.1. The zero-order valence-corrected chi connectivity index (χ0v) is 11.4. The van der Waals surface area contributed by atoms with Gasteiger partial charge in [0.05, 0.1) is 17.3 Å². The molecule has 1 aromatic carbocycles. The maximum absolute atomic E-state index is 6.24. The van der Waals surface area contributed by atoms with Gasteiger partial charge < -0.3 is 5.32 Å². The van der Waals surface area contributed by atoms with Crippen molar-refractivity contribution in [1.29, 1.82) is 0 Å². The number of hydrogen-bond donors (Lipinski definition) is 1. The number of thiazole rings is 1. The van der Waals surface area contributed by atoms with Gasteiger partial charge in [-0.1, -0.05) is 17.7 Å². The van der Waals surface area contributed by atoms with Crippen molar-refractivity contribution < 1.29 is 0 Å². The third kappa shape index (κ3) is 2.59. The summed E-state index contributed by atoms with van der Waals surface area (Å²) in [4.78, 5) is 8.18. The van der Waals surface area contributed by atoms with Gasteiger partial charge in [-0.2, -0.15) is 5.10 Å². The summed E-state index contributed by atoms with van der Waals surface area (Å²) in [6.45, 7) is 0.652. The lowest BCUT2D eigenvalue weighted by Crippen LogP contribution is -2.05. The van der Waals surface area contributed by atoms with E-state index in [4.69, 9.17) is 11.6 Å². The first-order valence-electron chi connectivity index (χ1n) is 5.60. The summed E-state index contributed by atoms with van der Waals surface area (Å²) in [5, 5.41) is 11.0. The second-order valence-corrected chi connectivity index (χ2v) is 5.14. The molecule has 0 saturated carbocycles.